The number of piperidine rings is 1. The number of esters is 1. The zero-order valence-electron chi connectivity index (χ0n) is 17.1. The van der Waals surface area contributed by atoms with Crippen molar-refractivity contribution in [3.05, 3.63) is 35.9 Å². The summed E-state index contributed by atoms with van der Waals surface area (Å²) >= 11 is 0. The Labute approximate surface area is 167 Å². The van der Waals surface area contributed by atoms with Crippen molar-refractivity contribution < 1.29 is 23.8 Å². The molecule has 1 amide bonds. The standard InChI is InChI=1S/C22H31NO5/c1-4-5-12-22-13-11-17(23(22)21(25)27-3)14-18(19(22)20(24)26-2)28-15-16-9-7-6-8-10-16/h6-10,17-19H,4-5,11-15H2,1-3H3/t17-,18+,19+,22+/m0/s1. The number of rotatable bonds is 7. The maximum absolute atomic E-state index is 12.9. The van der Waals surface area contributed by atoms with Crippen LogP contribution in [0.3, 0.4) is 0 Å². The summed E-state index contributed by atoms with van der Waals surface area (Å²) in [6, 6.07) is 9.98. The van der Waals surface area contributed by atoms with E-state index in [9.17, 15) is 9.59 Å². The summed E-state index contributed by atoms with van der Waals surface area (Å²) in [4.78, 5) is 27.4. The largest absolute Gasteiger partial charge is 0.469 e. The van der Waals surface area contributed by atoms with Gasteiger partial charge >= 0.3 is 12.1 Å². The molecule has 2 aliphatic rings. The molecule has 6 heteroatoms. The third-order valence-electron chi connectivity index (χ3n) is 6.31. The van der Waals surface area contributed by atoms with Crippen molar-refractivity contribution in [3.8, 4) is 0 Å². The first-order valence-corrected chi connectivity index (χ1v) is 10.2. The van der Waals surface area contributed by atoms with Crippen molar-refractivity contribution in [2.24, 2.45) is 5.92 Å². The van der Waals surface area contributed by atoms with Gasteiger partial charge in [-0.15, -0.1) is 0 Å². The molecule has 2 fully saturated rings. The molecular formula is C22H31NO5. The second-order valence-corrected chi connectivity index (χ2v) is 7.81. The van der Waals surface area contributed by atoms with E-state index >= 15 is 0 Å². The van der Waals surface area contributed by atoms with Gasteiger partial charge in [-0.05, 0) is 31.2 Å². The first-order valence-electron chi connectivity index (χ1n) is 10.2. The molecule has 0 N–H and O–H groups in total. The Balaban J connectivity index is 1.91. The average molecular weight is 389 g/mol. The minimum absolute atomic E-state index is 0.0333. The molecule has 0 unspecified atom stereocenters. The molecule has 4 atom stereocenters. The van der Waals surface area contributed by atoms with Gasteiger partial charge in [0.15, 0.2) is 0 Å². The van der Waals surface area contributed by atoms with Crippen molar-refractivity contribution in [3.63, 3.8) is 0 Å². The lowest BCUT2D eigenvalue weighted by atomic mass is 9.72. The number of unbranched alkanes of at least 4 members (excludes halogenated alkanes) is 1. The van der Waals surface area contributed by atoms with Gasteiger partial charge in [0, 0.05) is 6.04 Å². The second-order valence-electron chi connectivity index (χ2n) is 7.81. The smallest absolute Gasteiger partial charge is 0.410 e. The molecule has 1 aromatic rings. The topological polar surface area (TPSA) is 65.1 Å². The van der Waals surface area contributed by atoms with E-state index in [1.165, 1.54) is 14.2 Å². The van der Waals surface area contributed by atoms with E-state index in [1.807, 2.05) is 35.2 Å². The number of nitrogens with zero attached hydrogens (tertiary/aromatic N) is 1. The zero-order valence-corrected chi connectivity index (χ0v) is 17.1. The Morgan fingerprint density at radius 2 is 1.93 bits per heavy atom. The van der Waals surface area contributed by atoms with Crippen LogP contribution in [0.1, 0.15) is 51.0 Å². The number of ether oxygens (including phenoxy) is 3. The monoisotopic (exact) mass is 389 g/mol. The minimum atomic E-state index is -0.597. The molecule has 0 saturated carbocycles. The van der Waals surface area contributed by atoms with E-state index < -0.39 is 11.5 Å². The highest BCUT2D eigenvalue weighted by Crippen LogP contribution is 2.52. The van der Waals surface area contributed by atoms with Gasteiger partial charge in [-0.25, -0.2) is 4.79 Å². The molecule has 2 saturated heterocycles. The predicted molar refractivity (Wildman–Crippen MR) is 105 cm³/mol. The minimum Gasteiger partial charge on any atom is -0.469 e. The van der Waals surface area contributed by atoms with Crippen molar-refractivity contribution >= 4 is 12.1 Å². The first kappa shape index (κ1) is 20.6. The molecule has 6 nitrogen and oxygen atoms in total. The first-order chi connectivity index (χ1) is 13.6. The zero-order chi connectivity index (χ0) is 20.1. The molecular weight excluding hydrogens is 358 g/mol. The van der Waals surface area contributed by atoms with Crippen LogP contribution in [0, 0.1) is 5.92 Å². The SMILES string of the molecule is CCCC[C@@]12CC[C@@H](C[C@@H](OCc3ccccc3)[C@@H]1C(=O)OC)N2C(=O)OC. The van der Waals surface area contributed by atoms with Gasteiger partial charge in [-0.2, -0.15) is 0 Å². The summed E-state index contributed by atoms with van der Waals surface area (Å²) in [7, 11) is 2.81. The maximum Gasteiger partial charge on any atom is 0.410 e. The van der Waals surface area contributed by atoms with Gasteiger partial charge in [0.2, 0.25) is 0 Å². The lowest BCUT2D eigenvalue weighted by molar-refractivity contribution is -0.169. The van der Waals surface area contributed by atoms with Gasteiger partial charge < -0.3 is 14.2 Å². The Morgan fingerprint density at radius 3 is 2.57 bits per heavy atom. The van der Waals surface area contributed by atoms with Crippen LogP contribution in [0.25, 0.3) is 0 Å². The summed E-state index contributed by atoms with van der Waals surface area (Å²) in [6.07, 6.45) is 4.29. The van der Waals surface area contributed by atoms with Crippen molar-refractivity contribution in [2.45, 2.75) is 69.7 Å². The van der Waals surface area contributed by atoms with Crippen LogP contribution in [0.15, 0.2) is 30.3 Å². The Hall–Kier alpha value is -2.08. The molecule has 0 aromatic heterocycles. The Bertz CT molecular complexity index is 679. The molecule has 1 aromatic carbocycles. The van der Waals surface area contributed by atoms with E-state index in [-0.39, 0.29) is 24.2 Å². The molecule has 2 aliphatic heterocycles. The number of hydrogen-bond donors (Lipinski definition) is 0. The second kappa shape index (κ2) is 8.95. The number of carbonyl (C=O) groups excluding carboxylic acids is 2. The van der Waals surface area contributed by atoms with Crippen LogP contribution in [-0.2, 0) is 25.6 Å². The fourth-order valence-electron chi connectivity index (χ4n) is 5.06. The Kier molecular flexibility index (Phi) is 6.60. The van der Waals surface area contributed by atoms with Gasteiger partial charge in [0.05, 0.1) is 32.5 Å². The van der Waals surface area contributed by atoms with Crippen LogP contribution < -0.4 is 0 Å². The highest BCUT2D eigenvalue weighted by atomic mass is 16.5. The summed E-state index contributed by atoms with van der Waals surface area (Å²) in [6.45, 7) is 2.55. The van der Waals surface area contributed by atoms with Crippen molar-refractivity contribution in [1.29, 1.82) is 0 Å². The predicted octanol–water partition coefficient (Wildman–Crippen LogP) is 3.92. The molecule has 2 bridgehead atoms. The highest BCUT2D eigenvalue weighted by Gasteiger charge is 2.62. The van der Waals surface area contributed by atoms with Gasteiger partial charge in [-0.1, -0.05) is 50.1 Å². The van der Waals surface area contributed by atoms with Gasteiger partial charge in [0.25, 0.3) is 0 Å². The molecule has 28 heavy (non-hydrogen) atoms. The van der Waals surface area contributed by atoms with E-state index in [4.69, 9.17) is 14.2 Å². The fourth-order valence-corrected chi connectivity index (χ4v) is 5.06. The molecule has 3 rings (SSSR count). The normalized spacial score (nSPS) is 28.8. The number of methoxy groups -OCH3 is 2. The van der Waals surface area contributed by atoms with E-state index in [0.29, 0.717) is 13.0 Å². The third-order valence-corrected chi connectivity index (χ3v) is 6.31. The van der Waals surface area contributed by atoms with Gasteiger partial charge in [0.1, 0.15) is 5.92 Å². The van der Waals surface area contributed by atoms with E-state index in [0.717, 1.165) is 37.7 Å². The number of benzene rings is 1. The summed E-state index contributed by atoms with van der Waals surface area (Å²) in [5, 5.41) is 0. The lowest BCUT2D eigenvalue weighted by Gasteiger charge is -2.51. The average Bonchev–Trinajstić information content (AvgIpc) is 3.00. The number of fused-ring (bicyclic) bond motifs is 2. The van der Waals surface area contributed by atoms with Crippen molar-refractivity contribution in [2.75, 3.05) is 14.2 Å². The van der Waals surface area contributed by atoms with E-state index in [1.54, 1.807) is 0 Å². The molecule has 154 valence electrons. The molecule has 2 heterocycles. The number of amides is 1. The number of hydrogen-bond acceptors (Lipinski definition) is 5. The van der Waals surface area contributed by atoms with Crippen molar-refractivity contribution in [1.82, 2.24) is 4.90 Å². The maximum atomic E-state index is 12.9. The lowest BCUT2D eigenvalue weighted by Crippen LogP contribution is -2.64. The summed E-state index contributed by atoms with van der Waals surface area (Å²) < 4.78 is 16.6. The third kappa shape index (κ3) is 3.75. The molecule has 0 spiro atoms. The Morgan fingerprint density at radius 1 is 1.18 bits per heavy atom. The quantitative estimate of drug-likeness (QED) is 0.661. The van der Waals surface area contributed by atoms with Crippen LogP contribution in [0.2, 0.25) is 0 Å². The van der Waals surface area contributed by atoms with Crippen LogP contribution >= 0.6 is 0 Å². The summed E-state index contributed by atoms with van der Waals surface area (Å²) in [5.41, 5.74) is 0.469. The van der Waals surface area contributed by atoms with Crippen LogP contribution in [0.4, 0.5) is 4.79 Å². The highest BCUT2D eigenvalue weighted by molar-refractivity contribution is 5.78. The van der Waals surface area contributed by atoms with Crippen LogP contribution in [-0.4, -0.2) is 48.9 Å². The van der Waals surface area contributed by atoms with Crippen LogP contribution in [0.5, 0.6) is 0 Å². The molecule has 0 aliphatic carbocycles. The molecule has 0 radical (unpaired) electrons. The van der Waals surface area contributed by atoms with E-state index in [2.05, 4.69) is 6.92 Å². The summed E-state index contributed by atoms with van der Waals surface area (Å²) in [5.74, 6) is -0.811. The fraction of sp³-hybridized carbons (Fsp3) is 0.636. The number of carbonyl (C=O) groups is 2. The van der Waals surface area contributed by atoms with Gasteiger partial charge in [-0.3, -0.25) is 9.69 Å².